The van der Waals surface area contributed by atoms with Crippen molar-refractivity contribution in [1.29, 1.82) is 0 Å². The number of nitrogens with zero attached hydrogens (tertiary/aromatic N) is 5. The van der Waals surface area contributed by atoms with Gasteiger partial charge >= 0.3 is 0 Å². The summed E-state index contributed by atoms with van der Waals surface area (Å²) in [7, 11) is 0. The average Bonchev–Trinajstić information content (AvgIpc) is 3.72. The molecule has 300 valence electrons. The lowest BCUT2D eigenvalue weighted by atomic mass is 9.96. The number of nitrogens with one attached hydrogen (secondary N) is 3. The Hall–Kier alpha value is -2.62. The lowest BCUT2D eigenvalue weighted by molar-refractivity contribution is -0.145. The molecule has 13 heteroatoms. The summed E-state index contributed by atoms with van der Waals surface area (Å²) in [5, 5.41) is 22.4. The first kappa shape index (κ1) is 39.6. The number of aliphatic hydroxyl groups is 1. The van der Waals surface area contributed by atoms with Crippen molar-refractivity contribution in [2.45, 2.75) is 140 Å². The van der Waals surface area contributed by atoms with Gasteiger partial charge in [-0.3, -0.25) is 35.0 Å². The van der Waals surface area contributed by atoms with Crippen LogP contribution in [-0.4, -0.2) is 137 Å². The summed E-state index contributed by atoms with van der Waals surface area (Å²) >= 11 is 0. The third-order valence-corrected chi connectivity index (χ3v) is 12.3. The number of carbonyl (C=O) groups is 1. The van der Waals surface area contributed by atoms with Gasteiger partial charge in [-0.05, 0) is 63.3 Å². The molecule has 2 aromatic rings. The van der Waals surface area contributed by atoms with Crippen LogP contribution >= 0.6 is 0 Å². The number of hydrogen-bond donors (Lipinski definition) is 4. The number of piperazine rings is 1. The lowest BCUT2D eigenvalue weighted by Crippen LogP contribution is -2.75. The molecule has 4 fully saturated rings. The number of benzene rings is 1. The molecule has 1 aromatic heterocycles. The minimum atomic E-state index is -0.664. The number of amides is 1. The van der Waals surface area contributed by atoms with Crippen LogP contribution < -0.4 is 20.7 Å². The van der Waals surface area contributed by atoms with E-state index in [1.807, 2.05) is 6.07 Å². The minimum Gasteiger partial charge on any atom is -0.486 e. The zero-order valence-corrected chi connectivity index (χ0v) is 33.0. The Balaban J connectivity index is 1.00. The SMILES string of the molecule is CC(C)(C)N1CCN(C2NC(NC3COC3)CC(C(=O)NC[C@H](O)CN3CCc4cc(OCc5cnco5)ccc4C3)N2C2CCCCCCCC2)CC1. The fraction of sp³-hybridized carbons (Fsp3) is 0.756. The lowest BCUT2D eigenvalue weighted by Gasteiger charge is -2.55. The first-order chi connectivity index (χ1) is 26.2. The fourth-order valence-corrected chi connectivity index (χ4v) is 9.12. The van der Waals surface area contributed by atoms with Crippen molar-refractivity contribution in [3.8, 4) is 5.75 Å². The van der Waals surface area contributed by atoms with Gasteiger partial charge in [-0.2, -0.15) is 0 Å². The molecule has 4 atom stereocenters. The molecule has 0 spiro atoms. The number of rotatable bonds is 12. The molecule has 1 saturated carbocycles. The van der Waals surface area contributed by atoms with Gasteiger partial charge in [0.05, 0.1) is 43.8 Å². The highest BCUT2D eigenvalue weighted by atomic mass is 16.5. The van der Waals surface area contributed by atoms with Crippen LogP contribution in [0.4, 0.5) is 0 Å². The molecule has 3 unspecified atom stereocenters. The van der Waals surface area contributed by atoms with Crippen molar-refractivity contribution in [3.63, 3.8) is 0 Å². The van der Waals surface area contributed by atoms with Crippen LogP contribution in [0.1, 0.15) is 95.4 Å². The highest BCUT2D eigenvalue weighted by Gasteiger charge is 2.46. The Kier molecular flexibility index (Phi) is 13.6. The number of ether oxygens (including phenoxy) is 2. The van der Waals surface area contributed by atoms with E-state index in [1.165, 1.54) is 56.0 Å². The van der Waals surface area contributed by atoms with E-state index in [2.05, 4.69) is 73.4 Å². The number of oxazole rings is 1. The zero-order valence-electron chi connectivity index (χ0n) is 33.0. The third kappa shape index (κ3) is 10.4. The highest BCUT2D eigenvalue weighted by molar-refractivity contribution is 5.82. The maximum absolute atomic E-state index is 14.5. The molecule has 13 nitrogen and oxygen atoms in total. The summed E-state index contributed by atoms with van der Waals surface area (Å²) in [5.74, 6) is 1.54. The van der Waals surface area contributed by atoms with E-state index < -0.39 is 6.10 Å². The number of aromatic nitrogens is 1. The van der Waals surface area contributed by atoms with E-state index in [9.17, 15) is 9.90 Å². The average molecular weight is 751 g/mol. The monoisotopic (exact) mass is 751 g/mol. The summed E-state index contributed by atoms with van der Waals surface area (Å²) < 4.78 is 16.7. The quantitative estimate of drug-likeness (QED) is 0.254. The van der Waals surface area contributed by atoms with Crippen LogP contribution in [-0.2, 0) is 29.1 Å². The van der Waals surface area contributed by atoms with Gasteiger partial charge in [-0.25, -0.2) is 4.98 Å². The van der Waals surface area contributed by atoms with Gasteiger partial charge in [0.1, 0.15) is 18.6 Å². The summed E-state index contributed by atoms with van der Waals surface area (Å²) in [4.78, 5) is 28.5. The summed E-state index contributed by atoms with van der Waals surface area (Å²) in [5.41, 5.74) is 2.65. The molecule has 0 radical (unpaired) electrons. The van der Waals surface area contributed by atoms with Crippen molar-refractivity contribution in [2.24, 2.45) is 0 Å². The topological polar surface area (TPSA) is 131 Å². The van der Waals surface area contributed by atoms with E-state index >= 15 is 0 Å². The van der Waals surface area contributed by atoms with E-state index in [0.29, 0.717) is 50.6 Å². The zero-order chi connectivity index (χ0) is 37.5. The maximum Gasteiger partial charge on any atom is 0.237 e. The Morgan fingerprint density at radius 1 is 1.04 bits per heavy atom. The van der Waals surface area contributed by atoms with E-state index in [4.69, 9.17) is 13.9 Å². The van der Waals surface area contributed by atoms with Gasteiger partial charge in [-0.15, -0.1) is 0 Å². The van der Waals surface area contributed by atoms with Crippen molar-refractivity contribution >= 4 is 5.91 Å². The van der Waals surface area contributed by atoms with Crippen molar-refractivity contribution in [1.82, 2.24) is 40.5 Å². The maximum atomic E-state index is 14.5. The molecule has 1 amide bonds. The fourth-order valence-electron chi connectivity index (χ4n) is 9.12. The molecular formula is C41H66N8O5. The predicted molar refractivity (Wildman–Crippen MR) is 208 cm³/mol. The van der Waals surface area contributed by atoms with Crippen molar-refractivity contribution in [2.75, 3.05) is 59.0 Å². The molecule has 54 heavy (non-hydrogen) atoms. The van der Waals surface area contributed by atoms with Crippen LogP contribution in [0.5, 0.6) is 5.75 Å². The largest absolute Gasteiger partial charge is 0.486 e. The molecule has 1 aliphatic carbocycles. The van der Waals surface area contributed by atoms with Gasteiger partial charge in [0.2, 0.25) is 5.91 Å². The smallest absolute Gasteiger partial charge is 0.237 e. The summed E-state index contributed by atoms with van der Waals surface area (Å²) in [6, 6.07) is 6.56. The van der Waals surface area contributed by atoms with E-state index in [-0.39, 0.29) is 36.5 Å². The Morgan fingerprint density at radius 2 is 1.80 bits per heavy atom. The molecular weight excluding hydrogens is 685 g/mol. The molecule has 5 heterocycles. The first-order valence-corrected chi connectivity index (χ1v) is 20.9. The number of hydrogen-bond acceptors (Lipinski definition) is 12. The normalized spacial score (nSPS) is 26.9. The molecule has 3 saturated heterocycles. The van der Waals surface area contributed by atoms with Crippen LogP contribution in [0.15, 0.2) is 35.2 Å². The molecule has 4 aliphatic heterocycles. The standard InChI is InChI=1S/C41H66N8O5/c1-41(2,3)48-18-16-47(17-19-48)40-45-38(44-32-26-52-27-32)21-37(49(40)33-10-8-6-4-5-7-9-11-33)39(51)43-22-34(50)25-46-15-14-30-20-35(13-12-31(30)24-46)53-28-36-23-42-29-54-36/h12-13,20,23,29,32-34,37-38,40,44-45,50H,4-11,14-19,21-22,24-28H2,1-3H3,(H,43,51)/t34-,37?,38?,40?/m0/s1. The highest BCUT2D eigenvalue weighted by Crippen LogP contribution is 2.31. The van der Waals surface area contributed by atoms with Crippen molar-refractivity contribution in [3.05, 3.63) is 47.7 Å². The molecule has 5 aliphatic rings. The van der Waals surface area contributed by atoms with E-state index in [1.54, 1.807) is 6.20 Å². The Labute approximate surface area is 322 Å². The van der Waals surface area contributed by atoms with Gasteiger partial charge in [0.25, 0.3) is 0 Å². The molecule has 4 N–H and O–H groups in total. The number of carbonyl (C=O) groups excluding carboxylic acids is 1. The van der Waals surface area contributed by atoms with Gasteiger partial charge in [0.15, 0.2) is 12.2 Å². The Bertz CT molecular complexity index is 1450. The number of fused-ring (bicyclic) bond motifs is 1. The first-order valence-electron chi connectivity index (χ1n) is 20.9. The summed E-state index contributed by atoms with van der Waals surface area (Å²) in [6.07, 6.45) is 13.7. The molecule has 7 rings (SSSR count). The predicted octanol–water partition coefficient (Wildman–Crippen LogP) is 3.27. The third-order valence-electron chi connectivity index (χ3n) is 12.3. The number of aliphatic hydroxyl groups excluding tert-OH is 1. The second-order valence-electron chi connectivity index (χ2n) is 17.3. The van der Waals surface area contributed by atoms with Gasteiger partial charge in [-0.1, -0.05) is 44.6 Å². The van der Waals surface area contributed by atoms with Crippen LogP contribution in [0.3, 0.4) is 0 Å². The van der Waals surface area contributed by atoms with Crippen LogP contribution in [0.25, 0.3) is 0 Å². The summed E-state index contributed by atoms with van der Waals surface area (Å²) in [6.45, 7) is 15.0. The number of β-amino-alcohol motifs (C(OH)–C–C–N with tert-alkyl or cyclic N) is 1. The van der Waals surface area contributed by atoms with Gasteiger partial charge < -0.3 is 24.3 Å². The second-order valence-corrected chi connectivity index (χ2v) is 17.3. The van der Waals surface area contributed by atoms with Crippen LogP contribution in [0, 0.1) is 0 Å². The minimum absolute atomic E-state index is 0.000663. The van der Waals surface area contributed by atoms with E-state index in [0.717, 1.165) is 64.3 Å². The second kappa shape index (κ2) is 18.5. The molecule has 0 bridgehead atoms. The van der Waals surface area contributed by atoms with Crippen LogP contribution in [0.2, 0.25) is 0 Å². The van der Waals surface area contributed by atoms with Crippen molar-refractivity contribution < 1.29 is 23.8 Å². The Morgan fingerprint density at radius 3 is 2.48 bits per heavy atom. The van der Waals surface area contributed by atoms with Gasteiger partial charge in [0, 0.05) is 70.4 Å². The molecule has 1 aromatic carbocycles.